The van der Waals surface area contributed by atoms with E-state index in [1.807, 2.05) is 48.6 Å². The lowest BCUT2D eigenvalue weighted by atomic mass is 10.1. The summed E-state index contributed by atoms with van der Waals surface area (Å²) >= 11 is 0. The van der Waals surface area contributed by atoms with Crippen molar-refractivity contribution < 1.29 is 23.7 Å². The Balaban J connectivity index is 1.77. The highest BCUT2D eigenvalue weighted by molar-refractivity contribution is 5.61. The molecule has 2 aromatic rings. The molecule has 0 saturated heterocycles. The van der Waals surface area contributed by atoms with Crippen LogP contribution in [0.25, 0.3) is 12.2 Å². The zero-order valence-corrected chi connectivity index (χ0v) is 20.8. The zero-order chi connectivity index (χ0) is 25.5. The Kier molecular flexibility index (Phi) is 11.7. The molecule has 0 saturated carbocycles. The predicted molar refractivity (Wildman–Crippen MR) is 136 cm³/mol. The van der Waals surface area contributed by atoms with Crippen LogP contribution in [0.15, 0.2) is 47.5 Å². The predicted octanol–water partition coefficient (Wildman–Crippen LogP) is 5.81. The molecular formula is C28H32N2O5. The van der Waals surface area contributed by atoms with Crippen LogP contribution in [-0.4, -0.2) is 41.7 Å². The van der Waals surface area contributed by atoms with Gasteiger partial charge in [0.15, 0.2) is 23.0 Å². The highest BCUT2D eigenvalue weighted by atomic mass is 16.5. The molecule has 35 heavy (non-hydrogen) atoms. The molecular weight excluding hydrogens is 444 g/mol. The molecule has 7 heteroatoms. The fourth-order valence-corrected chi connectivity index (χ4v) is 3.44. The smallest absolute Gasteiger partial charge is 0.161 e. The van der Waals surface area contributed by atoms with Gasteiger partial charge in [-0.2, -0.15) is 10.5 Å². The van der Waals surface area contributed by atoms with E-state index in [9.17, 15) is 10.5 Å². The van der Waals surface area contributed by atoms with Gasteiger partial charge in [-0.25, -0.2) is 0 Å². The second-order valence-corrected chi connectivity index (χ2v) is 7.61. The van der Waals surface area contributed by atoms with Gasteiger partial charge in [-0.3, -0.25) is 0 Å². The number of methoxy groups -OCH3 is 4. The molecule has 184 valence electrons. The summed E-state index contributed by atoms with van der Waals surface area (Å²) in [4.78, 5) is 0. The zero-order valence-electron chi connectivity index (χ0n) is 20.8. The SMILES string of the molecule is COc1ccc(C=C(C#N)CCCOCCCC(C#N)=Cc2ccc(OC)c(OC)c2)cc1OC. The molecule has 0 atom stereocenters. The first kappa shape index (κ1) is 27.3. The van der Waals surface area contributed by atoms with Crippen molar-refractivity contribution in [3.8, 4) is 35.1 Å². The van der Waals surface area contributed by atoms with Crippen LogP contribution in [-0.2, 0) is 4.74 Å². The Morgan fingerprint density at radius 1 is 0.657 bits per heavy atom. The van der Waals surface area contributed by atoms with E-state index in [1.165, 1.54) is 0 Å². The third kappa shape index (κ3) is 8.73. The molecule has 0 N–H and O–H groups in total. The molecule has 2 rings (SSSR count). The molecule has 0 amide bonds. The van der Waals surface area contributed by atoms with Crippen molar-refractivity contribution in [1.29, 1.82) is 10.5 Å². The third-order valence-electron chi connectivity index (χ3n) is 5.25. The standard InChI is InChI=1S/C28H32N2O5/c1-31-25-11-9-21(17-27(25)33-3)15-23(19-29)7-5-13-35-14-6-8-24(20-30)16-22-10-12-26(32-2)28(18-22)34-4/h9-12,15-18H,5-8,13-14H2,1-4H3. The molecule has 0 fully saturated rings. The molecule has 0 aliphatic rings. The summed E-state index contributed by atoms with van der Waals surface area (Å²) in [5.41, 5.74) is 3.10. The van der Waals surface area contributed by atoms with E-state index >= 15 is 0 Å². The number of nitrogens with zero attached hydrogens (tertiary/aromatic N) is 2. The molecule has 0 unspecified atom stereocenters. The van der Waals surface area contributed by atoms with Crippen molar-refractivity contribution in [2.75, 3.05) is 41.7 Å². The van der Waals surface area contributed by atoms with Crippen LogP contribution in [0.4, 0.5) is 0 Å². The molecule has 0 spiro atoms. The minimum Gasteiger partial charge on any atom is -0.493 e. The highest BCUT2D eigenvalue weighted by Gasteiger charge is 2.06. The molecule has 0 aliphatic heterocycles. The number of nitriles is 2. The van der Waals surface area contributed by atoms with Gasteiger partial charge in [-0.1, -0.05) is 12.1 Å². The summed E-state index contributed by atoms with van der Waals surface area (Å²) in [6.45, 7) is 1.10. The fraction of sp³-hybridized carbons (Fsp3) is 0.357. The first-order valence-corrected chi connectivity index (χ1v) is 11.3. The molecule has 7 nitrogen and oxygen atoms in total. The number of hydrogen-bond donors (Lipinski definition) is 0. The lowest BCUT2D eigenvalue weighted by Gasteiger charge is -2.08. The number of benzene rings is 2. The number of hydrogen-bond acceptors (Lipinski definition) is 7. The van der Waals surface area contributed by atoms with Crippen molar-refractivity contribution in [1.82, 2.24) is 0 Å². The van der Waals surface area contributed by atoms with Gasteiger partial charge in [0.05, 0.1) is 40.6 Å². The average Bonchev–Trinajstić information content (AvgIpc) is 2.90. The lowest BCUT2D eigenvalue weighted by molar-refractivity contribution is 0.130. The quantitative estimate of drug-likeness (QED) is 0.251. The summed E-state index contributed by atoms with van der Waals surface area (Å²) in [7, 11) is 6.34. The van der Waals surface area contributed by atoms with Crippen molar-refractivity contribution in [2.24, 2.45) is 0 Å². The van der Waals surface area contributed by atoms with Gasteiger partial charge >= 0.3 is 0 Å². The second-order valence-electron chi connectivity index (χ2n) is 7.61. The van der Waals surface area contributed by atoms with Crippen LogP contribution >= 0.6 is 0 Å². The van der Waals surface area contributed by atoms with Crippen LogP contribution in [0.1, 0.15) is 36.8 Å². The fourth-order valence-electron chi connectivity index (χ4n) is 3.44. The summed E-state index contributed by atoms with van der Waals surface area (Å²) in [6.07, 6.45) is 6.40. The van der Waals surface area contributed by atoms with Crippen molar-refractivity contribution in [3.63, 3.8) is 0 Å². The summed E-state index contributed by atoms with van der Waals surface area (Å²) in [5, 5.41) is 18.9. The third-order valence-corrected chi connectivity index (χ3v) is 5.25. The van der Waals surface area contributed by atoms with Gasteiger partial charge in [-0.05, 0) is 73.2 Å². The minimum absolute atomic E-state index is 0.548. The number of ether oxygens (including phenoxy) is 5. The van der Waals surface area contributed by atoms with Crippen molar-refractivity contribution in [2.45, 2.75) is 25.7 Å². The molecule has 2 aromatic carbocycles. The normalized spacial score (nSPS) is 11.4. The van der Waals surface area contributed by atoms with E-state index in [-0.39, 0.29) is 0 Å². The maximum atomic E-state index is 9.46. The van der Waals surface area contributed by atoms with Crippen LogP contribution < -0.4 is 18.9 Å². The Morgan fingerprint density at radius 2 is 1.06 bits per heavy atom. The number of rotatable bonds is 14. The minimum atomic E-state index is 0.548. The first-order valence-electron chi connectivity index (χ1n) is 11.3. The van der Waals surface area contributed by atoms with E-state index in [1.54, 1.807) is 28.4 Å². The van der Waals surface area contributed by atoms with E-state index in [4.69, 9.17) is 23.7 Å². The molecule has 0 heterocycles. The second kappa shape index (κ2) is 15.1. The van der Waals surface area contributed by atoms with Crippen LogP contribution in [0, 0.1) is 22.7 Å². The van der Waals surface area contributed by atoms with Crippen LogP contribution in [0.3, 0.4) is 0 Å². The Morgan fingerprint density at radius 3 is 1.40 bits per heavy atom. The van der Waals surface area contributed by atoms with Gasteiger partial charge in [0.1, 0.15) is 0 Å². The maximum absolute atomic E-state index is 9.46. The average molecular weight is 477 g/mol. The molecule has 0 aliphatic carbocycles. The summed E-state index contributed by atoms with van der Waals surface area (Å²) in [6, 6.07) is 15.6. The van der Waals surface area contributed by atoms with E-state index in [0.717, 1.165) is 24.0 Å². The highest BCUT2D eigenvalue weighted by Crippen LogP contribution is 2.29. The van der Waals surface area contributed by atoms with Gasteiger partial charge in [0, 0.05) is 24.4 Å². The van der Waals surface area contributed by atoms with Crippen LogP contribution in [0.2, 0.25) is 0 Å². The largest absolute Gasteiger partial charge is 0.493 e. The Labute approximate surface area is 207 Å². The van der Waals surface area contributed by atoms with Crippen molar-refractivity contribution in [3.05, 3.63) is 58.7 Å². The van der Waals surface area contributed by atoms with Gasteiger partial charge < -0.3 is 23.7 Å². The van der Waals surface area contributed by atoms with E-state index in [0.29, 0.717) is 60.2 Å². The first-order chi connectivity index (χ1) is 17.1. The monoisotopic (exact) mass is 476 g/mol. The Hall–Kier alpha value is -3.94. The summed E-state index contributed by atoms with van der Waals surface area (Å²) in [5.74, 6) is 2.54. The topological polar surface area (TPSA) is 93.7 Å². The van der Waals surface area contributed by atoms with Crippen LogP contribution in [0.5, 0.6) is 23.0 Å². The Bertz CT molecular complexity index is 1020. The van der Waals surface area contributed by atoms with E-state index in [2.05, 4.69) is 12.1 Å². The lowest BCUT2D eigenvalue weighted by Crippen LogP contribution is -1.98. The van der Waals surface area contributed by atoms with Gasteiger partial charge in [0.25, 0.3) is 0 Å². The number of allylic oxidation sites excluding steroid dienone is 2. The van der Waals surface area contributed by atoms with Gasteiger partial charge in [-0.15, -0.1) is 0 Å². The summed E-state index contributed by atoms with van der Waals surface area (Å²) < 4.78 is 26.8. The molecule has 0 bridgehead atoms. The van der Waals surface area contributed by atoms with Gasteiger partial charge in [0.2, 0.25) is 0 Å². The molecule has 0 radical (unpaired) electrons. The van der Waals surface area contributed by atoms with E-state index < -0.39 is 0 Å². The maximum Gasteiger partial charge on any atom is 0.161 e. The van der Waals surface area contributed by atoms with Crippen molar-refractivity contribution >= 4 is 12.2 Å². The molecule has 0 aromatic heterocycles.